The van der Waals surface area contributed by atoms with Gasteiger partial charge in [-0.3, -0.25) is 0 Å². The van der Waals surface area contributed by atoms with E-state index < -0.39 is 9.05 Å². The van der Waals surface area contributed by atoms with Gasteiger partial charge in [0.25, 0.3) is 9.05 Å². The highest BCUT2D eigenvalue weighted by molar-refractivity contribution is 8.13. The van der Waals surface area contributed by atoms with Crippen LogP contribution in [0, 0.1) is 6.92 Å². The molecule has 1 aromatic rings. The molecule has 0 atom stereocenters. The minimum atomic E-state index is -3.75. The summed E-state index contributed by atoms with van der Waals surface area (Å²) in [5, 5.41) is 0. The molecule has 5 heteroatoms. The number of rotatable bonds is 4. The molecule has 0 bridgehead atoms. The smallest absolute Gasteiger partial charge is 0.261 e. The normalized spacial score (nSPS) is 12.8. The molecule has 0 spiro atoms. The lowest BCUT2D eigenvalue weighted by molar-refractivity contribution is 0.504. The van der Waals surface area contributed by atoms with E-state index in [1.54, 1.807) is 6.92 Å². The number of nitrogens with two attached hydrogens (primary N) is 1. The van der Waals surface area contributed by atoms with Gasteiger partial charge in [-0.15, -0.1) is 0 Å². The lowest BCUT2D eigenvalue weighted by atomic mass is 9.81. The van der Waals surface area contributed by atoms with Crippen LogP contribution in [-0.4, -0.2) is 8.42 Å². The van der Waals surface area contributed by atoms with Crippen molar-refractivity contribution in [1.82, 2.24) is 0 Å². The van der Waals surface area contributed by atoms with E-state index in [4.69, 9.17) is 16.4 Å². The Morgan fingerprint density at radius 1 is 1.33 bits per heavy atom. The topological polar surface area (TPSA) is 60.2 Å². The van der Waals surface area contributed by atoms with Crippen molar-refractivity contribution in [2.24, 2.45) is 5.73 Å². The van der Waals surface area contributed by atoms with Crippen molar-refractivity contribution in [2.45, 2.75) is 51.0 Å². The standard InChI is InChI=1S/C13H20ClNO2S/c1-5-13(3,4)11-6-9(2)12(18(14,16)17)10(7-11)8-15/h6-7H,5,8,15H2,1-4H3. The highest BCUT2D eigenvalue weighted by atomic mass is 35.7. The van der Waals surface area contributed by atoms with E-state index in [-0.39, 0.29) is 16.9 Å². The van der Waals surface area contributed by atoms with Crippen molar-refractivity contribution in [3.05, 3.63) is 28.8 Å². The predicted molar refractivity (Wildman–Crippen MR) is 75.4 cm³/mol. The van der Waals surface area contributed by atoms with Crippen LogP contribution in [0.25, 0.3) is 0 Å². The Hall–Kier alpha value is -0.580. The maximum Gasteiger partial charge on any atom is 0.261 e. The third-order valence-electron chi connectivity index (χ3n) is 3.48. The van der Waals surface area contributed by atoms with Crippen molar-refractivity contribution in [3.8, 4) is 0 Å². The molecule has 3 nitrogen and oxygen atoms in total. The fraction of sp³-hybridized carbons (Fsp3) is 0.538. The van der Waals surface area contributed by atoms with Gasteiger partial charge in [-0.25, -0.2) is 8.42 Å². The minimum absolute atomic E-state index is 0.0106. The number of hydrogen-bond donors (Lipinski definition) is 1. The molecule has 0 aliphatic carbocycles. The highest BCUT2D eigenvalue weighted by Gasteiger charge is 2.24. The van der Waals surface area contributed by atoms with Crippen molar-refractivity contribution in [3.63, 3.8) is 0 Å². The molecule has 18 heavy (non-hydrogen) atoms. The van der Waals surface area contributed by atoms with Gasteiger partial charge < -0.3 is 5.73 Å². The van der Waals surface area contributed by atoms with Crippen LogP contribution in [0.15, 0.2) is 17.0 Å². The van der Waals surface area contributed by atoms with Crippen LogP contribution in [0.1, 0.15) is 43.9 Å². The summed E-state index contributed by atoms with van der Waals surface area (Å²) in [6.45, 7) is 8.26. The van der Waals surface area contributed by atoms with Crippen LogP contribution in [0.2, 0.25) is 0 Å². The van der Waals surface area contributed by atoms with Gasteiger partial charge in [0.2, 0.25) is 0 Å². The fourth-order valence-electron chi connectivity index (χ4n) is 1.94. The molecule has 1 rings (SSSR count). The summed E-state index contributed by atoms with van der Waals surface area (Å²) in [5.74, 6) is 0. The van der Waals surface area contributed by atoms with Gasteiger partial charge in [0.1, 0.15) is 0 Å². The molecule has 0 aliphatic rings. The van der Waals surface area contributed by atoms with Gasteiger partial charge in [-0.1, -0.05) is 32.9 Å². The van der Waals surface area contributed by atoms with Gasteiger partial charge in [0.05, 0.1) is 4.90 Å². The largest absolute Gasteiger partial charge is 0.326 e. The molecule has 1 aromatic carbocycles. The van der Waals surface area contributed by atoms with Crippen LogP contribution >= 0.6 is 10.7 Å². The van der Waals surface area contributed by atoms with Crippen molar-refractivity contribution >= 4 is 19.7 Å². The lowest BCUT2D eigenvalue weighted by Crippen LogP contribution is -2.18. The van der Waals surface area contributed by atoms with Crippen LogP contribution in [0.3, 0.4) is 0 Å². The van der Waals surface area contributed by atoms with E-state index >= 15 is 0 Å². The summed E-state index contributed by atoms with van der Waals surface area (Å²) in [6, 6.07) is 3.74. The van der Waals surface area contributed by atoms with Gasteiger partial charge in [-0.2, -0.15) is 0 Å². The van der Waals surface area contributed by atoms with Gasteiger partial charge in [0, 0.05) is 17.2 Å². The highest BCUT2D eigenvalue weighted by Crippen LogP contribution is 2.32. The van der Waals surface area contributed by atoms with E-state index in [2.05, 4.69) is 20.8 Å². The fourth-order valence-corrected chi connectivity index (χ4v) is 3.50. The van der Waals surface area contributed by atoms with E-state index in [1.807, 2.05) is 12.1 Å². The molecule has 0 heterocycles. The quantitative estimate of drug-likeness (QED) is 0.867. The summed E-state index contributed by atoms with van der Waals surface area (Å²) >= 11 is 0. The third kappa shape index (κ3) is 3.05. The first-order chi connectivity index (χ1) is 8.13. The Morgan fingerprint density at radius 2 is 1.89 bits per heavy atom. The van der Waals surface area contributed by atoms with Gasteiger partial charge in [0.15, 0.2) is 0 Å². The molecule has 0 saturated heterocycles. The lowest BCUT2D eigenvalue weighted by Gasteiger charge is -2.25. The molecule has 0 unspecified atom stereocenters. The molecule has 0 fully saturated rings. The maximum atomic E-state index is 11.6. The van der Waals surface area contributed by atoms with Crippen LogP contribution in [0.4, 0.5) is 0 Å². The average molecular weight is 290 g/mol. The first-order valence-corrected chi connectivity index (χ1v) is 8.23. The summed E-state index contributed by atoms with van der Waals surface area (Å²) < 4.78 is 23.1. The first-order valence-electron chi connectivity index (χ1n) is 5.92. The van der Waals surface area contributed by atoms with Crippen molar-refractivity contribution < 1.29 is 8.42 Å². The SMILES string of the molecule is CCC(C)(C)c1cc(C)c(S(=O)(=O)Cl)c(CN)c1. The zero-order valence-electron chi connectivity index (χ0n) is 11.2. The second-order valence-electron chi connectivity index (χ2n) is 5.16. The summed E-state index contributed by atoms with van der Waals surface area (Å²) in [4.78, 5) is 0.155. The Balaban J connectivity index is 3.56. The molecular formula is C13H20ClNO2S. The van der Waals surface area contributed by atoms with Crippen LogP contribution in [-0.2, 0) is 21.0 Å². The molecule has 0 aliphatic heterocycles. The second-order valence-corrected chi connectivity index (χ2v) is 7.66. The number of aryl methyl sites for hydroxylation is 1. The summed E-state index contributed by atoms with van der Waals surface area (Å²) in [6.07, 6.45) is 0.962. The third-order valence-corrected chi connectivity index (χ3v) is 5.02. The Labute approximate surface area is 114 Å². The molecule has 0 amide bonds. The zero-order valence-corrected chi connectivity index (χ0v) is 12.8. The van der Waals surface area contributed by atoms with E-state index in [0.717, 1.165) is 12.0 Å². The Morgan fingerprint density at radius 3 is 2.28 bits per heavy atom. The number of halogens is 1. The van der Waals surface area contributed by atoms with Crippen LogP contribution in [0.5, 0.6) is 0 Å². The molecule has 0 saturated carbocycles. The first kappa shape index (κ1) is 15.5. The van der Waals surface area contributed by atoms with Gasteiger partial charge >= 0.3 is 0 Å². The summed E-state index contributed by atoms with van der Waals surface area (Å²) in [7, 11) is 1.71. The average Bonchev–Trinajstić information content (AvgIpc) is 2.25. The minimum Gasteiger partial charge on any atom is -0.326 e. The number of hydrogen-bond acceptors (Lipinski definition) is 3. The van der Waals surface area contributed by atoms with Crippen molar-refractivity contribution in [1.29, 1.82) is 0 Å². The van der Waals surface area contributed by atoms with E-state index in [0.29, 0.717) is 11.1 Å². The van der Waals surface area contributed by atoms with E-state index in [1.165, 1.54) is 0 Å². The zero-order chi connectivity index (χ0) is 14.1. The Bertz CT molecular complexity index is 550. The predicted octanol–water partition coefficient (Wildman–Crippen LogP) is 3.07. The summed E-state index contributed by atoms with van der Waals surface area (Å²) in [5.41, 5.74) is 7.97. The Kier molecular flexibility index (Phi) is 4.47. The van der Waals surface area contributed by atoms with Crippen LogP contribution < -0.4 is 5.73 Å². The van der Waals surface area contributed by atoms with Gasteiger partial charge in [-0.05, 0) is 35.4 Å². The van der Waals surface area contributed by atoms with E-state index in [9.17, 15) is 8.42 Å². The molecule has 0 radical (unpaired) electrons. The second kappa shape index (κ2) is 5.19. The molecule has 2 N–H and O–H groups in total. The number of benzene rings is 1. The molecular weight excluding hydrogens is 270 g/mol. The maximum absolute atomic E-state index is 11.6. The molecule has 102 valence electrons. The monoisotopic (exact) mass is 289 g/mol. The van der Waals surface area contributed by atoms with Crippen molar-refractivity contribution in [2.75, 3.05) is 0 Å². The molecule has 0 aromatic heterocycles.